The van der Waals surface area contributed by atoms with E-state index >= 15 is 0 Å². The van der Waals surface area contributed by atoms with Crippen molar-refractivity contribution in [3.8, 4) is 0 Å². The molecule has 2 N–H and O–H groups in total. The number of alkyl halides is 2. The van der Waals surface area contributed by atoms with Crippen LogP contribution in [-0.4, -0.2) is 42.7 Å². The molecule has 0 saturated carbocycles. The Morgan fingerprint density at radius 1 is 1.39 bits per heavy atom. The second kappa shape index (κ2) is 8.74. The molecule has 0 fully saturated rings. The molecule has 1 aromatic rings. The molecule has 10 heteroatoms. The molecule has 2 atom stereocenters. The molecule has 1 aromatic carbocycles. The SMILES string of the molecule is CN(C)C=CCS(=O)(=O)N(c1ccc(CN)cc1)[S+]([O-])C(F)Cl. The van der Waals surface area contributed by atoms with Crippen LogP contribution in [0.4, 0.5) is 10.1 Å². The Balaban J connectivity index is 3.18. The molecule has 0 aliphatic heterocycles. The molecular weight excluding hydrogens is 365 g/mol. The van der Waals surface area contributed by atoms with Crippen LogP contribution in [0.15, 0.2) is 36.5 Å². The molecule has 1 rings (SSSR count). The van der Waals surface area contributed by atoms with Crippen molar-refractivity contribution in [1.82, 2.24) is 4.90 Å². The van der Waals surface area contributed by atoms with Crippen LogP contribution < -0.4 is 9.44 Å². The van der Waals surface area contributed by atoms with Gasteiger partial charge >= 0.3 is 4.96 Å². The third-order valence-corrected chi connectivity index (χ3v) is 6.41. The van der Waals surface area contributed by atoms with Crippen LogP contribution in [0.5, 0.6) is 0 Å². The van der Waals surface area contributed by atoms with E-state index in [1.165, 1.54) is 24.4 Å². The highest BCUT2D eigenvalue weighted by atomic mass is 35.5. The van der Waals surface area contributed by atoms with Crippen molar-refractivity contribution in [2.75, 3.05) is 23.6 Å². The zero-order valence-corrected chi connectivity index (χ0v) is 15.1. The lowest BCUT2D eigenvalue weighted by atomic mass is 10.2. The molecular formula is C13H19ClFN3O3S2. The summed E-state index contributed by atoms with van der Waals surface area (Å²) in [6.07, 6.45) is 2.90. The summed E-state index contributed by atoms with van der Waals surface area (Å²) in [5.41, 5.74) is 6.29. The molecule has 2 unspecified atom stereocenters. The van der Waals surface area contributed by atoms with Gasteiger partial charge in [-0.05, 0) is 35.5 Å². The summed E-state index contributed by atoms with van der Waals surface area (Å²) in [6, 6.07) is 5.97. The van der Waals surface area contributed by atoms with Gasteiger partial charge in [-0.25, -0.2) is 8.42 Å². The zero-order chi connectivity index (χ0) is 17.6. The maximum absolute atomic E-state index is 13.3. The van der Waals surface area contributed by atoms with Gasteiger partial charge in [0, 0.05) is 20.6 Å². The summed E-state index contributed by atoms with van der Waals surface area (Å²) in [7, 11) is -0.625. The molecule has 0 radical (unpaired) electrons. The monoisotopic (exact) mass is 383 g/mol. The van der Waals surface area contributed by atoms with Gasteiger partial charge in [0.1, 0.15) is 17.0 Å². The number of sulfonamides is 1. The quantitative estimate of drug-likeness (QED) is 0.543. The van der Waals surface area contributed by atoms with Crippen molar-refractivity contribution in [2.24, 2.45) is 5.73 Å². The maximum atomic E-state index is 13.3. The summed E-state index contributed by atoms with van der Waals surface area (Å²) in [6.45, 7) is 0.267. The van der Waals surface area contributed by atoms with Gasteiger partial charge in [-0.3, -0.25) is 0 Å². The van der Waals surface area contributed by atoms with Gasteiger partial charge in [0.2, 0.25) is 0 Å². The zero-order valence-electron chi connectivity index (χ0n) is 12.7. The van der Waals surface area contributed by atoms with E-state index in [1.54, 1.807) is 31.1 Å². The van der Waals surface area contributed by atoms with E-state index in [1.807, 2.05) is 0 Å². The molecule has 23 heavy (non-hydrogen) atoms. The summed E-state index contributed by atoms with van der Waals surface area (Å²) in [5.74, 6) is -0.445. The first-order valence-corrected chi connectivity index (χ1v) is 9.74. The molecule has 0 bridgehead atoms. The fraction of sp³-hybridized carbons (Fsp3) is 0.385. The number of hydrogen-bond acceptors (Lipinski definition) is 5. The van der Waals surface area contributed by atoms with Gasteiger partial charge in [0.05, 0.1) is 5.75 Å². The van der Waals surface area contributed by atoms with Crippen LogP contribution in [0.1, 0.15) is 5.56 Å². The fourth-order valence-electron chi connectivity index (χ4n) is 1.65. The fourth-order valence-corrected chi connectivity index (χ4v) is 4.71. The number of nitrogens with two attached hydrogens (primary N) is 1. The largest absolute Gasteiger partial charge is 0.589 e. The Hall–Kier alpha value is -1.000. The predicted octanol–water partition coefficient (Wildman–Crippen LogP) is 1.51. The van der Waals surface area contributed by atoms with E-state index in [0.29, 0.717) is 3.71 Å². The van der Waals surface area contributed by atoms with Gasteiger partial charge in [-0.2, -0.15) is 4.39 Å². The average Bonchev–Trinajstić information content (AvgIpc) is 2.47. The van der Waals surface area contributed by atoms with Crippen molar-refractivity contribution < 1.29 is 17.4 Å². The standard InChI is InChI=1S/C13H19ClFN3O3S2/c1-17(2)8-3-9-23(20,21)18(22(19)13(14)15)12-6-4-11(10-16)5-7-12/h3-8,13H,9-10,16H2,1-2H3. The molecule has 0 saturated heterocycles. The first kappa shape index (κ1) is 20.0. The minimum absolute atomic E-state index is 0.0575. The van der Waals surface area contributed by atoms with Crippen molar-refractivity contribution in [1.29, 1.82) is 0 Å². The third kappa shape index (κ3) is 5.85. The van der Waals surface area contributed by atoms with Crippen molar-refractivity contribution in [2.45, 2.75) is 11.5 Å². The van der Waals surface area contributed by atoms with E-state index in [-0.39, 0.29) is 12.2 Å². The summed E-state index contributed by atoms with van der Waals surface area (Å²) < 4.78 is 50.6. The minimum Gasteiger partial charge on any atom is -0.589 e. The van der Waals surface area contributed by atoms with E-state index < -0.39 is 32.1 Å². The molecule has 130 valence electrons. The van der Waals surface area contributed by atoms with Crippen molar-refractivity contribution in [3.05, 3.63) is 42.1 Å². The van der Waals surface area contributed by atoms with E-state index in [2.05, 4.69) is 0 Å². The number of benzene rings is 1. The van der Waals surface area contributed by atoms with Crippen LogP contribution in [0.25, 0.3) is 0 Å². The molecule has 0 aromatic heterocycles. The van der Waals surface area contributed by atoms with Crippen LogP contribution in [0.3, 0.4) is 0 Å². The van der Waals surface area contributed by atoms with Crippen LogP contribution >= 0.6 is 11.6 Å². The maximum Gasteiger partial charge on any atom is 0.354 e. The van der Waals surface area contributed by atoms with Crippen molar-refractivity contribution >= 4 is 38.7 Å². The van der Waals surface area contributed by atoms with Gasteiger partial charge in [-0.15, -0.1) is 0 Å². The number of nitrogens with zero attached hydrogens (tertiary/aromatic N) is 2. The van der Waals surface area contributed by atoms with Crippen LogP contribution in [0, 0.1) is 0 Å². The Morgan fingerprint density at radius 3 is 2.39 bits per heavy atom. The number of rotatable bonds is 8. The van der Waals surface area contributed by atoms with Crippen LogP contribution in [0.2, 0.25) is 0 Å². The Kier molecular flexibility index (Phi) is 7.62. The summed E-state index contributed by atoms with van der Waals surface area (Å²) in [5, 5.41) is 0. The lowest BCUT2D eigenvalue weighted by Gasteiger charge is -2.24. The van der Waals surface area contributed by atoms with Gasteiger partial charge in [-0.1, -0.05) is 21.9 Å². The molecule has 0 amide bonds. The molecule has 6 nitrogen and oxygen atoms in total. The highest BCUT2D eigenvalue weighted by molar-refractivity contribution is 8.11. The van der Waals surface area contributed by atoms with Crippen molar-refractivity contribution in [3.63, 3.8) is 0 Å². The Bertz CT molecular complexity index is 624. The number of anilines is 1. The second-order valence-electron chi connectivity index (χ2n) is 4.76. The van der Waals surface area contributed by atoms with E-state index in [0.717, 1.165) is 5.56 Å². The molecule has 0 heterocycles. The average molecular weight is 384 g/mol. The summed E-state index contributed by atoms with van der Waals surface area (Å²) in [4.78, 5) is -0.705. The first-order valence-electron chi connectivity index (χ1n) is 6.53. The topological polar surface area (TPSA) is 89.7 Å². The third-order valence-electron chi connectivity index (χ3n) is 2.66. The lowest BCUT2D eigenvalue weighted by Crippen LogP contribution is -2.41. The summed E-state index contributed by atoms with van der Waals surface area (Å²) >= 11 is 2.62. The normalized spacial score (nSPS) is 14.7. The lowest BCUT2D eigenvalue weighted by molar-refractivity contribution is 0.504. The Morgan fingerprint density at radius 2 is 1.96 bits per heavy atom. The number of hydrogen-bond donors (Lipinski definition) is 1. The minimum atomic E-state index is -4.07. The predicted molar refractivity (Wildman–Crippen MR) is 92.3 cm³/mol. The highest BCUT2D eigenvalue weighted by Gasteiger charge is 2.37. The second-order valence-corrected chi connectivity index (χ2v) is 8.83. The van der Waals surface area contributed by atoms with Crippen LogP contribution in [-0.2, 0) is 27.9 Å². The van der Waals surface area contributed by atoms with Gasteiger partial charge in [0.25, 0.3) is 10.0 Å². The van der Waals surface area contributed by atoms with E-state index in [9.17, 15) is 17.4 Å². The molecule has 0 aliphatic carbocycles. The highest BCUT2D eigenvalue weighted by Crippen LogP contribution is 2.27. The van der Waals surface area contributed by atoms with Gasteiger partial charge in [0.15, 0.2) is 0 Å². The van der Waals surface area contributed by atoms with Gasteiger partial charge < -0.3 is 15.2 Å². The molecule has 0 spiro atoms. The Labute approximate surface area is 144 Å². The van der Waals surface area contributed by atoms with E-state index in [4.69, 9.17) is 17.3 Å². The number of halogens is 2. The first-order chi connectivity index (χ1) is 10.7. The molecule has 0 aliphatic rings. The smallest absolute Gasteiger partial charge is 0.354 e.